The zero-order valence-corrected chi connectivity index (χ0v) is 14.1. The van der Waals surface area contributed by atoms with Gasteiger partial charge in [0.15, 0.2) is 0 Å². The van der Waals surface area contributed by atoms with E-state index in [-0.39, 0.29) is 5.91 Å². The van der Waals surface area contributed by atoms with E-state index in [4.69, 9.17) is 4.74 Å². The molecule has 24 heavy (non-hydrogen) atoms. The summed E-state index contributed by atoms with van der Waals surface area (Å²) in [5, 5.41) is 3.99. The van der Waals surface area contributed by atoms with Crippen molar-refractivity contribution >= 4 is 12.1 Å². The first-order valence-electron chi connectivity index (χ1n) is 8.36. The fourth-order valence-corrected chi connectivity index (χ4v) is 2.19. The summed E-state index contributed by atoms with van der Waals surface area (Å²) in [6.07, 6.45) is 5.40. The molecule has 0 saturated carbocycles. The Kier molecular flexibility index (Phi) is 7.54. The van der Waals surface area contributed by atoms with Crippen molar-refractivity contribution < 1.29 is 9.53 Å². The van der Waals surface area contributed by atoms with Gasteiger partial charge in [0.1, 0.15) is 5.75 Å². The lowest BCUT2D eigenvalue weighted by Crippen LogP contribution is -2.19. The van der Waals surface area contributed by atoms with Gasteiger partial charge >= 0.3 is 0 Å². The molecule has 0 aliphatic rings. The number of unbranched alkanes of at least 4 members (excludes halogenated alkanes) is 2. The summed E-state index contributed by atoms with van der Waals surface area (Å²) < 4.78 is 5.66. The van der Waals surface area contributed by atoms with E-state index < -0.39 is 0 Å². The maximum Gasteiger partial charge on any atom is 0.244 e. The molecular formula is C20H24N2O2. The number of nitrogens with one attached hydrogen (secondary N) is 1. The lowest BCUT2D eigenvalue weighted by Gasteiger charge is -2.05. The lowest BCUT2D eigenvalue weighted by molar-refractivity contribution is -0.120. The predicted molar refractivity (Wildman–Crippen MR) is 97.3 cm³/mol. The molecule has 2 aromatic rings. The van der Waals surface area contributed by atoms with E-state index >= 15 is 0 Å². The third-order valence-electron chi connectivity index (χ3n) is 3.51. The molecule has 0 spiro atoms. The van der Waals surface area contributed by atoms with Crippen LogP contribution in [0.2, 0.25) is 0 Å². The van der Waals surface area contributed by atoms with E-state index in [1.165, 1.54) is 12.8 Å². The first kappa shape index (κ1) is 17.7. The number of hydrogen-bond donors (Lipinski definition) is 1. The van der Waals surface area contributed by atoms with Crippen LogP contribution in [-0.2, 0) is 11.2 Å². The number of benzene rings is 2. The van der Waals surface area contributed by atoms with E-state index in [1.54, 1.807) is 6.21 Å². The van der Waals surface area contributed by atoms with Crippen LogP contribution in [0, 0.1) is 0 Å². The number of hydrogen-bond acceptors (Lipinski definition) is 3. The van der Waals surface area contributed by atoms with Crippen LogP contribution >= 0.6 is 0 Å². The molecular weight excluding hydrogens is 300 g/mol. The first-order valence-corrected chi connectivity index (χ1v) is 8.36. The summed E-state index contributed by atoms with van der Waals surface area (Å²) in [7, 11) is 0. The Morgan fingerprint density at radius 1 is 1.08 bits per heavy atom. The Morgan fingerprint density at radius 3 is 2.54 bits per heavy atom. The van der Waals surface area contributed by atoms with Crippen molar-refractivity contribution in [2.24, 2.45) is 5.10 Å². The van der Waals surface area contributed by atoms with Crippen LogP contribution in [0.25, 0.3) is 0 Å². The molecule has 0 radical (unpaired) electrons. The van der Waals surface area contributed by atoms with Crippen LogP contribution in [0.1, 0.15) is 37.3 Å². The Hall–Kier alpha value is -2.62. The summed E-state index contributed by atoms with van der Waals surface area (Å²) in [5.74, 6) is 0.727. The molecule has 4 heteroatoms. The highest BCUT2D eigenvalue weighted by Gasteiger charge is 2.00. The standard InChI is InChI=1S/C20H24N2O2/c1-2-3-7-14-24-19-12-10-18(11-13-19)16-21-22-20(23)15-17-8-5-4-6-9-17/h4-6,8-13,16H,2-3,7,14-15H2,1H3,(H,22,23)/b21-16+. The molecule has 0 aromatic heterocycles. The molecule has 126 valence electrons. The van der Waals surface area contributed by atoms with Gasteiger partial charge in [0.2, 0.25) is 5.91 Å². The average molecular weight is 324 g/mol. The Bertz CT molecular complexity index is 636. The second-order valence-corrected chi connectivity index (χ2v) is 5.58. The van der Waals surface area contributed by atoms with Crippen molar-refractivity contribution in [3.63, 3.8) is 0 Å². The highest BCUT2D eigenvalue weighted by atomic mass is 16.5. The minimum absolute atomic E-state index is 0.131. The monoisotopic (exact) mass is 324 g/mol. The van der Waals surface area contributed by atoms with Crippen LogP contribution < -0.4 is 10.2 Å². The van der Waals surface area contributed by atoms with Crippen LogP contribution in [-0.4, -0.2) is 18.7 Å². The Morgan fingerprint density at radius 2 is 1.83 bits per heavy atom. The van der Waals surface area contributed by atoms with Gasteiger partial charge in [-0.1, -0.05) is 50.1 Å². The van der Waals surface area contributed by atoms with Crippen molar-refractivity contribution in [1.82, 2.24) is 5.43 Å². The molecule has 0 bridgehead atoms. The average Bonchev–Trinajstić information content (AvgIpc) is 2.61. The third-order valence-corrected chi connectivity index (χ3v) is 3.51. The van der Waals surface area contributed by atoms with E-state index in [9.17, 15) is 4.79 Å². The lowest BCUT2D eigenvalue weighted by atomic mass is 10.1. The van der Waals surface area contributed by atoms with Crippen LogP contribution in [0.4, 0.5) is 0 Å². The summed E-state index contributed by atoms with van der Waals surface area (Å²) >= 11 is 0. The fraction of sp³-hybridized carbons (Fsp3) is 0.300. The van der Waals surface area contributed by atoms with Crippen LogP contribution in [0.15, 0.2) is 59.7 Å². The maximum absolute atomic E-state index is 11.8. The first-order chi connectivity index (χ1) is 11.8. The van der Waals surface area contributed by atoms with Gasteiger partial charge in [-0.25, -0.2) is 5.43 Å². The minimum atomic E-state index is -0.131. The second kappa shape index (κ2) is 10.2. The third kappa shape index (κ3) is 6.65. The van der Waals surface area contributed by atoms with Gasteiger partial charge in [0, 0.05) is 0 Å². The summed E-state index contributed by atoms with van der Waals surface area (Å²) in [6, 6.07) is 17.3. The maximum atomic E-state index is 11.8. The van der Waals surface area contributed by atoms with E-state index in [2.05, 4.69) is 17.5 Å². The molecule has 0 unspecified atom stereocenters. The number of nitrogens with zero attached hydrogens (tertiary/aromatic N) is 1. The predicted octanol–water partition coefficient (Wildman–Crippen LogP) is 3.95. The van der Waals surface area contributed by atoms with Crippen molar-refractivity contribution in [3.05, 3.63) is 65.7 Å². The Balaban J connectivity index is 1.74. The number of rotatable bonds is 9. The van der Waals surface area contributed by atoms with Gasteiger partial charge in [-0.2, -0.15) is 5.10 Å². The van der Waals surface area contributed by atoms with Crippen LogP contribution in [0.3, 0.4) is 0 Å². The quantitative estimate of drug-likeness (QED) is 0.431. The molecule has 4 nitrogen and oxygen atoms in total. The van der Waals surface area contributed by atoms with E-state index in [1.807, 2.05) is 54.6 Å². The van der Waals surface area contributed by atoms with Gasteiger partial charge in [0.05, 0.1) is 19.2 Å². The molecule has 2 aromatic carbocycles. The molecule has 2 rings (SSSR count). The minimum Gasteiger partial charge on any atom is -0.494 e. The fourth-order valence-electron chi connectivity index (χ4n) is 2.19. The zero-order valence-electron chi connectivity index (χ0n) is 14.1. The van der Waals surface area contributed by atoms with Crippen molar-refractivity contribution in [1.29, 1.82) is 0 Å². The van der Waals surface area contributed by atoms with E-state index in [0.717, 1.165) is 29.9 Å². The van der Waals surface area contributed by atoms with Crippen molar-refractivity contribution in [3.8, 4) is 5.75 Å². The van der Waals surface area contributed by atoms with Crippen molar-refractivity contribution in [2.45, 2.75) is 32.6 Å². The molecule has 1 N–H and O–H groups in total. The number of ether oxygens (including phenoxy) is 1. The van der Waals surface area contributed by atoms with Gasteiger partial charge in [-0.3, -0.25) is 4.79 Å². The van der Waals surface area contributed by atoms with Crippen LogP contribution in [0.5, 0.6) is 5.75 Å². The van der Waals surface area contributed by atoms with Gasteiger partial charge in [-0.15, -0.1) is 0 Å². The number of carbonyl (C=O) groups excluding carboxylic acids is 1. The molecule has 0 fully saturated rings. The molecule has 0 aliphatic carbocycles. The summed E-state index contributed by atoms with van der Waals surface area (Å²) in [6.45, 7) is 2.92. The zero-order chi connectivity index (χ0) is 17.0. The number of hydrazone groups is 1. The number of carbonyl (C=O) groups is 1. The highest BCUT2D eigenvalue weighted by molar-refractivity contribution is 5.83. The molecule has 0 aliphatic heterocycles. The van der Waals surface area contributed by atoms with Gasteiger partial charge in [0.25, 0.3) is 0 Å². The number of amides is 1. The second-order valence-electron chi connectivity index (χ2n) is 5.58. The largest absolute Gasteiger partial charge is 0.494 e. The van der Waals surface area contributed by atoms with Gasteiger partial charge < -0.3 is 4.74 Å². The Labute approximate surface area is 143 Å². The van der Waals surface area contributed by atoms with Crippen molar-refractivity contribution in [2.75, 3.05) is 6.61 Å². The van der Waals surface area contributed by atoms with E-state index in [0.29, 0.717) is 6.42 Å². The molecule has 0 heterocycles. The normalized spacial score (nSPS) is 10.7. The molecule has 1 amide bonds. The molecule has 0 atom stereocenters. The molecule has 0 saturated heterocycles. The topological polar surface area (TPSA) is 50.7 Å². The smallest absolute Gasteiger partial charge is 0.244 e. The SMILES string of the molecule is CCCCCOc1ccc(/C=N/NC(=O)Cc2ccccc2)cc1. The highest BCUT2D eigenvalue weighted by Crippen LogP contribution is 2.11. The van der Waals surface area contributed by atoms with Gasteiger partial charge in [-0.05, 0) is 41.8 Å². The summed E-state index contributed by atoms with van der Waals surface area (Å²) in [4.78, 5) is 11.8. The summed E-state index contributed by atoms with van der Waals surface area (Å²) in [5.41, 5.74) is 4.42.